The molecule has 0 radical (unpaired) electrons. The largest absolute Gasteiger partial charge is 0.480 e. The van der Waals surface area contributed by atoms with Crippen LogP contribution in [0.3, 0.4) is 0 Å². The number of carboxylic acids is 1. The number of carbonyl (C=O) groups is 2. The van der Waals surface area contributed by atoms with Crippen LogP contribution < -0.4 is 5.32 Å². The molecule has 7 heteroatoms. The van der Waals surface area contributed by atoms with Gasteiger partial charge in [-0.3, -0.25) is 0 Å². The van der Waals surface area contributed by atoms with Gasteiger partial charge in [0, 0.05) is 19.7 Å². The van der Waals surface area contributed by atoms with E-state index in [2.05, 4.69) is 5.32 Å². The van der Waals surface area contributed by atoms with Gasteiger partial charge in [-0.2, -0.15) is 0 Å². The van der Waals surface area contributed by atoms with Crippen LogP contribution in [0.25, 0.3) is 0 Å². The maximum absolute atomic E-state index is 11.8. The molecule has 1 saturated heterocycles. The molecule has 0 saturated carbocycles. The maximum atomic E-state index is 11.8. The first-order valence-electron chi connectivity index (χ1n) is 6.09. The van der Waals surface area contributed by atoms with E-state index in [1.807, 2.05) is 6.92 Å². The third kappa shape index (κ3) is 4.15. The summed E-state index contributed by atoms with van der Waals surface area (Å²) in [6.07, 6.45) is 1.74. The van der Waals surface area contributed by atoms with E-state index in [0.717, 1.165) is 12.8 Å². The minimum Gasteiger partial charge on any atom is -0.480 e. The van der Waals surface area contributed by atoms with E-state index in [9.17, 15) is 9.59 Å². The molecule has 1 unspecified atom stereocenters. The number of nitrogens with one attached hydrogen (secondary N) is 1. The van der Waals surface area contributed by atoms with Gasteiger partial charge in [0.2, 0.25) is 0 Å². The van der Waals surface area contributed by atoms with Gasteiger partial charge in [0.25, 0.3) is 0 Å². The summed E-state index contributed by atoms with van der Waals surface area (Å²) < 4.78 is 5.45. The Morgan fingerprint density at radius 3 is 2.83 bits per heavy atom. The number of hydrogen-bond donors (Lipinski definition) is 3. The molecule has 0 bridgehead atoms. The first-order chi connectivity index (χ1) is 8.58. The summed E-state index contributed by atoms with van der Waals surface area (Å²) >= 11 is 0. The van der Waals surface area contributed by atoms with Crippen LogP contribution >= 0.6 is 0 Å². The van der Waals surface area contributed by atoms with Crippen LogP contribution in [0.1, 0.15) is 19.8 Å². The number of hydrogen-bond acceptors (Lipinski definition) is 4. The Labute approximate surface area is 106 Å². The second kappa shape index (κ2) is 7.17. The molecule has 0 aromatic carbocycles. The highest BCUT2D eigenvalue weighted by Crippen LogP contribution is 2.13. The Morgan fingerprint density at radius 2 is 2.28 bits per heavy atom. The van der Waals surface area contributed by atoms with Crippen LogP contribution in [-0.2, 0) is 9.53 Å². The van der Waals surface area contributed by atoms with Gasteiger partial charge in [-0.15, -0.1) is 0 Å². The number of aliphatic hydroxyl groups excluding tert-OH is 1. The summed E-state index contributed by atoms with van der Waals surface area (Å²) in [6, 6.07) is -1.73. The van der Waals surface area contributed by atoms with E-state index >= 15 is 0 Å². The van der Waals surface area contributed by atoms with Gasteiger partial charge < -0.3 is 25.2 Å². The lowest BCUT2D eigenvalue weighted by Crippen LogP contribution is -2.53. The lowest BCUT2D eigenvalue weighted by Gasteiger charge is -2.33. The number of amides is 2. The SMILES string of the molecule is CCOC1CCCN(C(=O)N[C@H](CO)C(=O)O)C1. The van der Waals surface area contributed by atoms with Crippen molar-refractivity contribution in [2.45, 2.75) is 31.9 Å². The summed E-state index contributed by atoms with van der Waals surface area (Å²) in [4.78, 5) is 24.0. The Bertz CT molecular complexity index is 295. The first-order valence-corrected chi connectivity index (χ1v) is 6.09. The van der Waals surface area contributed by atoms with Crippen molar-refractivity contribution in [2.75, 3.05) is 26.3 Å². The number of likely N-dealkylation sites (tertiary alicyclic amines) is 1. The highest BCUT2D eigenvalue weighted by Gasteiger charge is 2.27. The smallest absolute Gasteiger partial charge is 0.328 e. The molecule has 0 aliphatic carbocycles. The van der Waals surface area contributed by atoms with Crippen molar-refractivity contribution in [2.24, 2.45) is 0 Å². The summed E-state index contributed by atoms with van der Waals surface area (Å²) in [7, 11) is 0. The number of carbonyl (C=O) groups excluding carboxylic acids is 1. The second-order valence-corrected chi connectivity index (χ2v) is 4.19. The molecule has 1 aliphatic rings. The van der Waals surface area contributed by atoms with E-state index in [0.29, 0.717) is 19.7 Å². The normalized spacial score (nSPS) is 21.4. The minimum atomic E-state index is -1.26. The molecule has 0 aromatic heterocycles. The van der Waals surface area contributed by atoms with Crippen molar-refractivity contribution in [1.29, 1.82) is 0 Å². The number of aliphatic hydroxyl groups is 1. The number of nitrogens with zero attached hydrogens (tertiary/aromatic N) is 1. The van der Waals surface area contributed by atoms with Crippen LogP contribution in [0.5, 0.6) is 0 Å². The van der Waals surface area contributed by atoms with Crippen molar-refractivity contribution in [3.63, 3.8) is 0 Å². The molecular weight excluding hydrogens is 240 g/mol. The maximum Gasteiger partial charge on any atom is 0.328 e. The third-order valence-electron chi connectivity index (χ3n) is 2.85. The van der Waals surface area contributed by atoms with Crippen LogP contribution in [0.15, 0.2) is 0 Å². The van der Waals surface area contributed by atoms with Gasteiger partial charge in [0.15, 0.2) is 6.04 Å². The predicted octanol–water partition coefficient (Wildman–Crippen LogP) is -0.358. The topological polar surface area (TPSA) is 99.1 Å². The minimum absolute atomic E-state index is 0.00639. The van der Waals surface area contributed by atoms with Crippen molar-refractivity contribution >= 4 is 12.0 Å². The van der Waals surface area contributed by atoms with Crippen molar-refractivity contribution in [1.82, 2.24) is 10.2 Å². The molecule has 104 valence electrons. The number of rotatable bonds is 5. The van der Waals surface area contributed by atoms with E-state index in [1.165, 1.54) is 4.90 Å². The fraction of sp³-hybridized carbons (Fsp3) is 0.818. The summed E-state index contributed by atoms with van der Waals surface area (Å²) in [6.45, 7) is 2.90. The zero-order valence-corrected chi connectivity index (χ0v) is 10.5. The van der Waals surface area contributed by atoms with Gasteiger partial charge in [-0.1, -0.05) is 0 Å². The number of aliphatic carboxylic acids is 1. The average Bonchev–Trinajstić information content (AvgIpc) is 2.36. The molecule has 1 fully saturated rings. The van der Waals surface area contributed by atoms with E-state index < -0.39 is 24.6 Å². The Kier molecular flexibility index (Phi) is 5.87. The lowest BCUT2D eigenvalue weighted by atomic mass is 10.1. The number of ether oxygens (including phenoxy) is 1. The molecule has 0 aromatic rings. The first kappa shape index (κ1) is 14.7. The average molecular weight is 260 g/mol. The predicted molar refractivity (Wildman–Crippen MR) is 63.3 cm³/mol. The van der Waals surface area contributed by atoms with E-state index in [-0.39, 0.29) is 6.10 Å². The third-order valence-corrected chi connectivity index (χ3v) is 2.85. The molecular formula is C11H20N2O5. The molecule has 18 heavy (non-hydrogen) atoms. The van der Waals surface area contributed by atoms with E-state index in [4.69, 9.17) is 14.9 Å². The molecule has 2 amide bonds. The van der Waals surface area contributed by atoms with Gasteiger partial charge in [-0.25, -0.2) is 9.59 Å². The Hall–Kier alpha value is -1.34. The number of piperidine rings is 1. The summed E-state index contributed by atoms with van der Waals surface area (Å²) in [5, 5.41) is 19.9. The van der Waals surface area contributed by atoms with Crippen LogP contribution in [0.2, 0.25) is 0 Å². The van der Waals surface area contributed by atoms with Crippen molar-refractivity contribution in [3.8, 4) is 0 Å². The van der Waals surface area contributed by atoms with Gasteiger partial charge in [0.1, 0.15) is 0 Å². The summed E-state index contributed by atoms with van der Waals surface area (Å²) in [5.41, 5.74) is 0. The molecule has 7 nitrogen and oxygen atoms in total. The van der Waals surface area contributed by atoms with Gasteiger partial charge in [-0.05, 0) is 19.8 Å². The summed E-state index contributed by atoms with van der Waals surface area (Å²) in [5.74, 6) is -1.25. The molecule has 2 atom stereocenters. The second-order valence-electron chi connectivity index (χ2n) is 4.19. The Morgan fingerprint density at radius 1 is 1.56 bits per heavy atom. The van der Waals surface area contributed by atoms with Gasteiger partial charge in [0.05, 0.1) is 12.7 Å². The molecule has 1 rings (SSSR count). The van der Waals surface area contributed by atoms with Crippen LogP contribution in [0.4, 0.5) is 4.79 Å². The lowest BCUT2D eigenvalue weighted by molar-refractivity contribution is -0.140. The molecule has 1 heterocycles. The fourth-order valence-corrected chi connectivity index (χ4v) is 1.92. The van der Waals surface area contributed by atoms with Crippen molar-refractivity contribution in [3.05, 3.63) is 0 Å². The van der Waals surface area contributed by atoms with E-state index in [1.54, 1.807) is 0 Å². The molecule has 1 aliphatic heterocycles. The fourth-order valence-electron chi connectivity index (χ4n) is 1.92. The highest BCUT2D eigenvalue weighted by molar-refractivity contribution is 5.82. The Balaban J connectivity index is 2.47. The van der Waals surface area contributed by atoms with Crippen molar-refractivity contribution < 1.29 is 24.5 Å². The molecule has 0 spiro atoms. The number of urea groups is 1. The monoisotopic (exact) mass is 260 g/mol. The van der Waals surface area contributed by atoms with Gasteiger partial charge >= 0.3 is 12.0 Å². The van der Waals surface area contributed by atoms with Crippen LogP contribution in [-0.4, -0.2) is 65.6 Å². The number of carboxylic acid groups (broad SMARTS) is 1. The standard InChI is InChI=1S/C11H20N2O5/c1-2-18-8-4-3-5-13(6-8)11(17)12-9(7-14)10(15)16/h8-9,14H,2-7H2,1H3,(H,12,17)(H,15,16)/t8?,9-/m1/s1. The quantitative estimate of drug-likeness (QED) is 0.627. The zero-order valence-electron chi connectivity index (χ0n) is 10.5. The highest BCUT2D eigenvalue weighted by atomic mass is 16.5. The van der Waals surface area contributed by atoms with Crippen LogP contribution in [0, 0.1) is 0 Å². The zero-order chi connectivity index (χ0) is 13.5. The molecule has 3 N–H and O–H groups in total.